The van der Waals surface area contributed by atoms with E-state index in [4.69, 9.17) is 4.74 Å². The Morgan fingerprint density at radius 1 is 1.29 bits per heavy atom. The lowest BCUT2D eigenvalue weighted by Gasteiger charge is -2.10. The van der Waals surface area contributed by atoms with Crippen molar-refractivity contribution in [3.63, 3.8) is 0 Å². The van der Waals surface area contributed by atoms with E-state index >= 15 is 0 Å². The summed E-state index contributed by atoms with van der Waals surface area (Å²) in [6, 6.07) is 11.4. The molecule has 0 unspecified atom stereocenters. The molecular formula is C15H14BrFN2O2. The first-order chi connectivity index (χ1) is 10.1. The molecule has 2 rings (SSSR count). The Bertz CT molecular complexity index is 649. The van der Waals surface area contributed by atoms with Gasteiger partial charge in [0.1, 0.15) is 11.6 Å². The molecule has 6 heteroatoms. The smallest absolute Gasteiger partial charge is 0.243 e. The van der Waals surface area contributed by atoms with E-state index in [0.717, 1.165) is 10.2 Å². The van der Waals surface area contributed by atoms with E-state index in [2.05, 4.69) is 26.6 Å². The third kappa shape index (κ3) is 4.46. The molecule has 0 heterocycles. The number of hydrogen-bond acceptors (Lipinski definition) is 3. The monoisotopic (exact) mass is 352 g/mol. The van der Waals surface area contributed by atoms with Gasteiger partial charge in [0, 0.05) is 16.2 Å². The molecule has 0 saturated carbocycles. The maximum Gasteiger partial charge on any atom is 0.243 e. The first-order valence-corrected chi connectivity index (χ1v) is 7.00. The number of rotatable bonds is 5. The van der Waals surface area contributed by atoms with Gasteiger partial charge in [-0.25, -0.2) is 4.39 Å². The zero-order valence-corrected chi connectivity index (χ0v) is 12.9. The molecule has 0 radical (unpaired) electrons. The van der Waals surface area contributed by atoms with E-state index in [0.29, 0.717) is 5.75 Å². The molecule has 4 nitrogen and oxygen atoms in total. The highest BCUT2D eigenvalue weighted by molar-refractivity contribution is 9.10. The van der Waals surface area contributed by atoms with Crippen LogP contribution in [0.4, 0.5) is 15.8 Å². The fourth-order valence-electron chi connectivity index (χ4n) is 1.72. The van der Waals surface area contributed by atoms with E-state index in [1.54, 1.807) is 25.3 Å². The van der Waals surface area contributed by atoms with Crippen LogP contribution in [0.2, 0.25) is 0 Å². The van der Waals surface area contributed by atoms with Crippen LogP contribution in [0.15, 0.2) is 46.9 Å². The molecule has 0 bridgehead atoms. The molecule has 21 heavy (non-hydrogen) atoms. The van der Waals surface area contributed by atoms with E-state index in [-0.39, 0.29) is 18.1 Å². The predicted octanol–water partition coefficient (Wildman–Crippen LogP) is 3.65. The predicted molar refractivity (Wildman–Crippen MR) is 84.2 cm³/mol. The number of ether oxygens (including phenoxy) is 1. The van der Waals surface area contributed by atoms with Crippen LogP contribution in [-0.2, 0) is 4.79 Å². The van der Waals surface area contributed by atoms with Crippen molar-refractivity contribution >= 4 is 33.2 Å². The minimum atomic E-state index is -0.463. The molecule has 0 saturated heterocycles. The summed E-state index contributed by atoms with van der Waals surface area (Å²) in [5.41, 5.74) is 0.890. The zero-order chi connectivity index (χ0) is 15.2. The van der Waals surface area contributed by atoms with Gasteiger partial charge in [-0.1, -0.05) is 28.1 Å². The molecule has 2 aromatic carbocycles. The molecular weight excluding hydrogens is 339 g/mol. The Balaban J connectivity index is 1.95. The summed E-state index contributed by atoms with van der Waals surface area (Å²) in [6.45, 7) is 0.0218. The van der Waals surface area contributed by atoms with Crippen LogP contribution in [-0.4, -0.2) is 19.6 Å². The Hall–Kier alpha value is -2.08. The first kappa shape index (κ1) is 15.3. The van der Waals surface area contributed by atoms with Gasteiger partial charge in [0.25, 0.3) is 0 Å². The zero-order valence-electron chi connectivity index (χ0n) is 11.3. The van der Waals surface area contributed by atoms with Gasteiger partial charge >= 0.3 is 0 Å². The summed E-state index contributed by atoms with van der Waals surface area (Å²) in [6.07, 6.45) is 0. The number of benzene rings is 2. The number of amides is 1. The molecule has 110 valence electrons. The summed E-state index contributed by atoms with van der Waals surface area (Å²) in [7, 11) is 1.57. The summed E-state index contributed by atoms with van der Waals surface area (Å²) in [4.78, 5) is 11.8. The number of halogens is 2. The average Bonchev–Trinajstić information content (AvgIpc) is 2.47. The number of carbonyl (C=O) groups excluding carboxylic acids is 1. The van der Waals surface area contributed by atoms with E-state index in [1.807, 2.05) is 12.1 Å². The molecule has 2 N–H and O–H groups in total. The second-order valence-electron chi connectivity index (χ2n) is 4.26. The Morgan fingerprint density at radius 2 is 2.05 bits per heavy atom. The summed E-state index contributed by atoms with van der Waals surface area (Å²) < 4.78 is 19.4. The minimum absolute atomic E-state index is 0.0218. The number of methoxy groups -OCH3 is 1. The van der Waals surface area contributed by atoms with Gasteiger partial charge in [-0.3, -0.25) is 4.79 Å². The topological polar surface area (TPSA) is 50.4 Å². The quantitative estimate of drug-likeness (QED) is 0.863. The molecule has 0 aromatic heterocycles. The second-order valence-corrected chi connectivity index (χ2v) is 5.18. The molecule has 0 aliphatic heterocycles. The van der Waals surface area contributed by atoms with Crippen molar-refractivity contribution in [3.05, 3.63) is 52.8 Å². The molecule has 0 atom stereocenters. The SMILES string of the molecule is COc1cc(Br)cc(NCC(=O)Nc2ccccc2F)c1. The standard InChI is InChI=1S/C15H14BrFN2O2/c1-21-12-7-10(16)6-11(8-12)18-9-15(20)19-14-5-3-2-4-13(14)17/h2-8,18H,9H2,1H3,(H,19,20). The van der Waals surface area contributed by atoms with Gasteiger partial charge in [0.05, 0.1) is 19.3 Å². The van der Waals surface area contributed by atoms with Gasteiger partial charge in [0.2, 0.25) is 5.91 Å². The van der Waals surface area contributed by atoms with Gasteiger partial charge < -0.3 is 15.4 Å². The lowest BCUT2D eigenvalue weighted by Crippen LogP contribution is -2.22. The van der Waals surface area contributed by atoms with Crippen LogP contribution in [0.3, 0.4) is 0 Å². The maximum atomic E-state index is 13.4. The number of para-hydroxylation sites is 1. The lowest BCUT2D eigenvalue weighted by molar-refractivity contribution is -0.114. The van der Waals surface area contributed by atoms with Crippen LogP contribution >= 0.6 is 15.9 Å². The maximum absolute atomic E-state index is 13.4. The van der Waals surface area contributed by atoms with Crippen LogP contribution in [0.25, 0.3) is 0 Å². The first-order valence-electron chi connectivity index (χ1n) is 6.21. The number of hydrogen-bond donors (Lipinski definition) is 2. The summed E-state index contributed by atoms with van der Waals surface area (Å²) >= 11 is 3.35. The Labute approximate surface area is 130 Å². The van der Waals surface area contributed by atoms with Crippen LogP contribution < -0.4 is 15.4 Å². The summed E-state index contributed by atoms with van der Waals surface area (Å²) in [5.74, 6) is -0.129. The van der Waals surface area contributed by atoms with Crippen molar-refractivity contribution in [2.24, 2.45) is 0 Å². The minimum Gasteiger partial charge on any atom is -0.497 e. The Morgan fingerprint density at radius 3 is 2.76 bits per heavy atom. The van der Waals surface area contributed by atoms with Crippen molar-refractivity contribution < 1.29 is 13.9 Å². The molecule has 0 aliphatic carbocycles. The molecule has 0 fully saturated rings. The average molecular weight is 353 g/mol. The van der Waals surface area contributed by atoms with E-state index in [9.17, 15) is 9.18 Å². The number of nitrogens with one attached hydrogen (secondary N) is 2. The van der Waals surface area contributed by atoms with E-state index in [1.165, 1.54) is 12.1 Å². The van der Waals surface area contributed by atoms with E-state index < -0.39 is 5.82 Å². The van der Waals surface area contributed by atoms with Crippen LogP contribution in [0.5, 0.6) is 5.75 Å². The lowest BCUT2D eigenvalue weighted by atomic mass is 10.3. The largest absolute Gasteiger partial charge is 0.497 e. The third-order valence-electron chi connectivity index (χ3n) is 2.71. The van der Waals surface area contributed by atoms with Crippen molar-refractivity contribution in [1.29, 1.82) is 0 Å². The van der Waals surface area contributed by atoms with Gasteiger partial charge in [-0.15, -0.1) is 0 Å². The normalized spacial score (nSPS) is 10.0. The molecule has 0 spiro atoms. The van der Waals surface area contributed by atoms with Crippen molar-refractivity contribution in [2.75, 3.05) is 24.3 Å². The third-order valence-corrected chi connectivity index (χ3v) is 3.17. The van der Waals surface area contributed by atoms with Gasteiger partial charge in [0.15, 0.2) is 0 Å². The highest BCUT2D eigenvalue weighted by Crippen LogP contribution is 2.24. The van der Waals surface area contributed by atoms with Crippen molar-refractivity contribution in [1.82, 2.24) is 0 Å². The summed E-state index contributed by atoms with van der Waals surface area (Å²) in [5, 5.41) is 5.46. The molecule has 1 amide bonds. The fourth-order valence-corrected chi connectivity index (χ4v) is 2.19. The van der Waals surface area contributed by atoms with Crippen molar-refractivity contribution in [3.8, 4) is 5.75 Å². The highest BCUT2D eigenvalue weighted by Gasteiger charge is 2.06. The van der Waals surface area contributed by atoms with Crippen molar-refractivity contribution in [2.45, 2.75) is 0 Å². The van der Waals surface area contributed by atoms with Gasteiger partial charge in [-0.05, 0) is 24.3 Å². The van der Waals surface area contributed by atoms with Crippen LogP contribution in [0, 0.1) is 5.82 Å². The number of carbonyl (C=O) groups is 1. The number of anilines is 2. The highest BCUT2D eigenvalue weighted by atomic mass is 79.9. The molecule has 2 aromatic rings. The van der Waals surface area contributed by atoms with Crippen LogP contribution in [0.1, 0.15) is 0 Å². The van der Waals surface area contributed by atoms with Gasteiger partial charge in [-0.2, -0.15) is 0 Å². The fraction of sp³-hybridized carbons (Fsp3) is 0.133. The second kappa shape index (κ2) is 7.08. The molecule has 0 aliphatic rings. The Kier molecular flexibility index (Phi) is 5.16.